The number of nitrogens with one attached hydrogen (secondary N) is 1. The Bertz CT molecular complexity index is 664. The second kappa shape index (κ2) is 6.49. The molecule has 5 nitrogen and oxygen atoms in total. The van der Waals surface area contributed by atoms with Crippen molar-refractivity contribution in [1.29, 1.82) is 0 Å². The molecule has 21 heavy (non-hydrogen) atoms. The van der Waals surface area contributed by atoms with Crippen molar-refractivity contribution in [1.82, 2.24) is 10.3 Å². The molecule has 2 rings (SSSR count). The van der Waals surface area contributed by atoms with E-state index in [2.05, 4.69) is 10.3 Å². The van der Waals surface area contributed by atoms with Gasteiger partial charge in [0, 0.05) is 23.4 Å². The van der Waals surface area contributed by atoms with Gasteiger partial charge >= 0.3 is 5.97 Å². The first-order valence-electron chi connectivity index (χ1n) is 6.53. The molecule has 1 amide bonds. The van der Waals surface area contributed by atoms with Gasteiger partial charge in [-0.2, -0.15) is 0 Å². The molecule has 0 aliphatic carbocycles. The highest BCUT2D eigenvalue weighted by atomic mass is 32.1. The Morgan fingerprint density at radius 2 is 2.14 bits per heavy atom. The lowest BCUT2D eigenvalue weighted by atomic mass is 10.1. The van der Waals surface area contributed by atoms with Gasteiger partial charge < -0.3 is 10.4 Å². The molecule has 1 aromatic heterocycles. The number of carboxylic acids is 1. The Morgan fingerprint density at radius 1 is 1.38 bits per heavy atom. The molecule has 110 valence electrons. The molecule has 1 heterocycles. The molecular weight excluding hydrogens is 288 g/mol. The lowest BCUT2D eigenvalue weighted by molar-refractivity contribution is -0.124. The molecule has 0 fully saturated rings. The Morgan fingerprint density at radius 3 is 2.76 bits per heavy atom. The van der Waals surface area contributed by atoms with Crippen molar-refractivity contribution < 1.29 is 14.7 Å². The van der Waals surface area contributed by atoms with Crippen LogP contribution in [0.15, 0.2) is 29.6 Å². The third kappa shape index (κ3) is 3.88. The number of thiazole rings is 1. The van der Waals surface area contributed by atoms with Crippen LogP contribution in [-0.2, 0) is 11.3 Å². The minimum Gasteiger partial charge on any atom is -0.476 e. The third-order valence-corrected chi connectivity index (χ3v) is 3.78. The topological polar surface area (TPSA) is 79.3 Å². The van der Waals surface area contributed by atoms with Crippen molar-refractivity contribution >= 4 is 23.2 Å². The van der Waals surface area contributed by atoms with E-state index in [1.165, 1.54) is 16.7 Å². The molecule has 0 saturated heterocycles. The number of carboxylic acid groups (broad SMARTS) is 1. The van der Waals surface area contributed by atoms with E-state index in [9.17, 15) is 9.59 Å². The van der Waals surface area contributed by atoms with Gasteiger partial charge in [-0.15, -0.1) is 11.3 Å². The fourth-order valence-corrected chi connectivity index (χ4v) is 2.50. The normalized spacial score (nSPS) is 10.6. The van der Waals surface area contributed by atoms with Crippen LogP contribution in [0.4, 0.5) is 0 Å². The predicted octanol–water partition coefficient (Wildman–Crippen LogP) is 2.78. The molecule has 6 heteroatoms. The summed E-state index contributed by atoms with van der Waals surface area (Å²) in [5.41, 5.74) is 1.85. The zero-order chi connectivity index (χ0) is 15.4. The molecule has 0 aliphatic rings. The lowest BCUT2D eigenvalue weighted by Gasteiger charge is -2.08. The number of rotatable bonds is 5. The maximum atomic E-state index is 11.6. The van der Waals surface area contributed by atoms with Crippen molar-refractivity contribution in [2.45, 2.75) is 20.4 Å². The van der Waals surface area contributed by atoms with Crippen molar-refractivity contribution in [3.63, 3.8) is 0 Å². The van der Waals surface area contributed by atoms with Crippen LogP contribution in [0, 0.1) is 5.92 Å². The average molecular weight is 304 g/mol. The minimum atomic E-state index is -1.03. The van der Waals surface area contributed by atoms with Crippen LogP contribution in [-0.4, -0.2) is 22.0 Å². The summed E-state index contributed by atoms with van der Waals surface area (Å²) >= 11 is 1.29. The first-order valence-corrected chi connectivity index (χ1v) is 7.41. The first kappa shape index (κ1) is 15.2. The van der Waals surface area contributed by atoms with Gasteiger partial charge in [0.25, 0.3) is 0 Å². The minimum absolute atomic E-state index is 0.00261. The molecular formula is C15H16N2O3S. The van der Waals surface area contributed by atoms with Crippen LogP contribution < -0.4 is 5.32 Å². The number of hydrogen-bond donors (Lipinski definition) is 2. The van der Waals surface area contributed by atoms with E-state index in [4.69, 9.17) is 5.11 Å². The lowest BCUT2D eigenvalue weighted by Crippen LogP contribution is -2.27. The maximum Gasteiger partial charge on any atom is 0.355 e. The van der Waals surface area contributed by atoms with Crippen molar-refractivity contribution in [3.8, 4) is 10.6 Å². The highest BCUT2D eigenvalue weighted by Gasteiger charge is 2.11. The van der Waals surface area contributed by atoms with Gasteiger partial charge in [0.2, 0.25) is 5.91 Å². The van der Waals surface area contributed by atoms with Crippen LogP contribution in [0.5, 0.6) is 0 Å². The standard InChI is InChI=1S/C15H16N2O3S/c1-9(2)13(18)16-7-10-4-3-5-11(6-10)14-17-12(8-21-14)15(19)20/h3-6,8-9H,7H2,1-2H3,(H,16,18)(H,19,20). The van der Waals surface area contributed by atoms with E-state index in [-0.39, 0.29) is 17.5 Å². The molecule has 0 bridgehead atoms. The summed E-state index contributed by atoms with van der Waals surface area (Å²) in [5.74, 6) is -1.08. The van der Waals surface area contributed by atoms with Crippen LogP contribution in [0.3, 0.4) is 0 Å². The van der Waals surface area contributed by atoms with Crippen LogP contribution in [0.1, 0.15) is 29.9 Å². The number of carbonyl (C=O) groups is 2. The van der Waals surface area contributed by atoms with E-state index < -0.39 is 5.97 Å². The second-order valence-corrected chi connectivity index (χ2v) is 5.77. The van der Waals surface area contributed by atoms with Gasteiger partial charge in [0.1, 0.15) is 5.01 Å². The van der Waals surface area contributed by atoms with Crippen molar-refractivity contribution in [3.05, 3.63) is 40.9 Å². The number of aromatic nitrogens is 1. The zero-order valence-electron chi connectivity index (χ0n) is 11.8. The SMILES string of the molecule is CC(C)C(=O)NCc1cccc(-c2nc(C(=O)O)cs2)c1. The molecule has 0 aliphatic heterocycles. The largest absolute Gasteiger partial charge is 0.476 e. The molecule has 2 aromatic rings. The smallest absolute Gasteiger partial charge is 0.355 e. The third-order valence-electron chi connectivity index (χ3n) is 2.89. The predicted molar refractivity (Wildman–Crippen MR) is 81.2 cm³/mol. The molecule has 0 radical (unpaired) electrons. The number of amides is 1. The number of hydrogen-bond acceptors (Lipinski definition) is 4. The Hall–Kier alpha value is -2.21. The first-order chi connectivity index (χ1) is 9.97. The maximum absolute atomic E-state index is 11.6. The fraction of sp³-hybridized carbons (Fsp3) is 0.267. The van der Waals surface area contributed by atoms with Gasteiger partial charge in [-0.05, 0) is 11.6 Å². The zero-order valence-corrected chi connectivity index (χ0v) is 12.6. The van der Waals surface area contributed by atoms with E-state index in [1.54, 1.807) is 0 Å². The molecule has 2 N–H and O–H groups in total. The number of aromatic carboxylic acids is 1. The van der Waals surface area contributed by atoms with E-state index in [0.29, 0.717) is 11.6 Å². The molecule has 0 unspecified atom stereocenters. The van der Waals surface area contributed by atoms with E-state index in [1.807, 2.05) is 38.1 Å². The Kier molecular flexibility index (Phi) is 4.70. The Balaban J connectivity index is 2.13. The Labute approximate surface area is 126 Å². The number of nitrogens with zero attached hydrogens (tertiary/aromatic N) is 1. The molecule has 0 atom stereocenters. The van der Waals surface area contributed by atoms with Crippen molar-refractivity contribution in [2.75, 3.05) is 0 Å². The quantitative estimate of drug-likeness (QED) is 0.890. The summed E-state index contributed by atoms with van der Waals surface area (Å²) < 4.78 is 0. The summed E-state index contributed by atoms with van der Waals surface area (Å²) in [6.07, 6.45) is 0. The van der Waals surface area contributed by atoms with Crippen LogP contribution in [0.2, 0.25) is 0 Å². The summed E-state index contributed by atoms with van der Waals surface area (Å²) in [6, 6.07) is 7.56. The van der Waals surface area contributed by atoms with Crippen LogP contribution >= 0.6 is 11.3 Å². The monoisotopic (exact) mass is 304 g/mol. The second-order valence-electron chi connectivity index (χ2n) is 4.92. The van der Waals surface area contributed by atoms with E-state index >= 15 is 0 Å². The van der Waals surface area contributed by atoms with Gasteiger partial charge in [-0.1, -0.05) is 32.0 Å². The summed E-state index contributed by atoms with van der Waals surface area (Å²) in [7, 11) is 0. The average Bonchev–Trinajstić information content (AvgIpc) is 2.95. The van der Waals surface area contributed by atoms with Gasteiger partial charge in [-0.3, -0.25) is 4.79 Å². The molecule has 1 aromatic carbocycles. The van der Waals surface area contributed by atoms with Gasteiger partial charge in [0.05, 0.1) is 0 Å². The van der Waals surface area contributed by atoms with Crippen LogP contribution in [0.25, 0.3) is 10.6 Å². The summed E-state index contributed by atoms with van der Waals surface area (Å²) in [5, 5.41) is 13.9. The number of benzene rings is 1. The highest BCUT2D eigenvalue weighted by molar-refractivity contribution is 7.13. The highest BCUT2D eigenvalue weighted by Crippen LogP contribution is 2.24. The fourth-order valence-electron chi connectivity index (χ4n) is 1.71. The summed E-state index contributed by atoms with van der Waals surface area (Å²) in [4.78, 5) is 26.5. The molecule has 0 saturated carbocycles. The van der Waals surface area contributed by atoms with Gasteiger partial charge in [-0.25, -0.2) is 9.78 Å². The number of carbonyl (C=O) groups excluding carboxylic acids is 1. The van der Waals surface area contributed by atoms with Gasteiger partial charge in [0.15, 0.2) is 5.69 Å². The van der Waals surface area contributed by atoms with Crippen molar-refractivity contribution in [2.24, 2.45) is 5.92 Å². The van der Waals surface area contributed by atoms with E-state index in [0.717, 1.165) is 11.1 Å². The molecule has 0 spiro atoms. The summed E-state index contributed by atoms with van der Waals surface area (Å²) in [6.45, 7) is 4.13.